The summed E-state index contributed by atoms with van der Waals surface area (Å²) in [6.45, 7) is 1.85. The van der Waals surface area contributed by atoms with E-state index < -0.39 is 0 Å². The lowest BCUT2D eigenvalue weighted by atomic mass is 10.2. The molecule has 0 amide bonds. The minimum Gasteiger partial charge on any atom is -0.309 e. The molecule has 0 saturated heterocycles. The molecule has 72 valence electrons. The fraction of sp³-hybridized carbons (Fsp3) is 0.455. The molecule has 1 N–H and O–H groups in total. The highest BCUT2D eigenvalue weighted by molar-refractivity contribution is 5.63. The molecule has 3 heteroatoms. The second-order valence-corrected chi connectivity index (χ2v) is 3.97. The molecule has 0 aromatic carbocycles. The first kappa shape index (κ1) is 8.12. The number of hydrogen-bond donors (Lipinski definition) is 1. The third-order valence-electron chi connectivity index (χ3n) is 2.82. The lowest BCUT2D eigenvalue weighted by Crippen LogP contribution is -2.08. The van der Waals surface area contributed by atoms with Crippen LogP contribution in [0.15, 0.2) is 18.5 Å². The summed E-state index contributed by atoms with van der Waals surface area (Å²) in [4.78, 5) is 8.81. The third kappa shape index (κ3) is 1.44. The molecule has 1 aliphatic heterocycles. The quantitative estimate of drug-likeness (QED) is 0.759. The Morgan fingerprint density at radius 3 is 2.57 bits per heavy atom. The van der Waals surface area contributed by atoms with Gasteiger partial charge in [-0.15, -0.1) is 0 Å². The van der Waals surface area contributed by atoms with Gasteiger partial charge in [0.2, 0.25) is 0 Å². The van der Waals surface area contributed by atoms with E-state index in [1.54, 1.807) is 0 Å². The van der Waals surface area contributed by atoms with Crippen LogP contribution in [0.3, 0.4) is 0 Å². The average Bonchev–Trinajstić information content (AvgIpc) is 2.94. The van der Waals surface area contributed by atoms with Gasteiger partial charge in [-0.25, -0.2) is 9.97 Å². The molecular formula is C11H13N3. The van der Waals surface area contributed by atoms with Crippen LogP contribution in [-0.4, -0.2) is 23.1 Å². The molecule has 1 fully saturated rings. The molecule has 0 unspecified atom stereocenters. The zero-order valence-electron chi connectivity index (χ0n) is 8.03. The summed E-state index contributed by atoms with van der Waals surface area (Å²) < 4.78 is 0. The van der Waals surface area contributed by atoms with E-state index in [1.165, 1.54) is 24.0 Å². The molecule has 0 atom stereocenters. The zero-order valence-corrected chi connectivity index (χ0v) is 8.03. The van der Waals surface area contributed by atoms with Crippen molar-refractivity contribution in [3.63, 3.8) is 0 Å². The third-order valence-corrected chi connectivity index (χ3v) is 2.82. The first-order chi connectivity index (χ1) is 6.93. The molecule has 1 aromatic heterocycles. The van der Waals surface area contributed by atoms with Gasteiger partial charge in [0.15, 0.2) is 5.82 Å². The summed E-state index contributed by atoms with van der Waals surface area (Å²) in [5.74, 6) is 1.64. The Morgan fingerprint density at radius 1 is 1.21 bits per heavy atom. The number of rotatable bonds is 2. The van der Waals surface area contributed by atoms with Crippen molar-refractivity contribution in [3.8, 4) is 0 Å². The molecule has 1 aliphatic carbocycles. The number of nitrogens with one attached hydrogen (secondary N) is 1. The summed E-state index contributed by atoms with van der Waals surface area (Å²) in [6.07, 6.45) is 8.75. The van der Waals surface area contributed by atoms with E-state index in [0.717, 1.165) is 24.8 Å². The van der Waals surface area contributed by atoms with Crippen molar-refractivity contribution >= 4 is 5.57 Å². The normalized spacial score (nSPS) is 21.0. The summed E-state index contributed by atoms with van der Waals surface area (Å²) in [5, 5.41) is 3.25. The Kier molecular flexibility index (Phi) is 1.84. The van der Waals surface area contributed by atoms with E-state index in [0.29, 0.717) is 0 Å². The predicted octanol–water partition coefficient (Wildman–Crippen LogP) is 1.34. The first-order valence-electron chi connectivity index (χ1n) is 5.15. The summed E-state index contributed by atoms with van der Waals surface area (Å²) >= 11 is 0. The van der Waals surface area contributed by atoms with Crippen LogP contribution in [0.25, 0.3) is 5.57 Å². The molecule has 3 nitrogen and oxygen atoms in total. The van der Waals surface area contributed by atoms with Gasteiger partial charge in [0, 0.05) is 31.1 Å². The highest BCUT2D eigenvalue weighted by atomic mass is 14.9. The largest absolute Gasteiger partial charge is 0.309 e. The fourth-order valence-corrected chi connectivity index (χ4v) is 1.78. The van der Waals surface area contributed by atoms with Crippen LogP contribution in [0, 0.1) is 0 Å². The number of aromatic nitrogens is 2. The van der Waals surface area contributed by atoms with Gasteiger partial charge in [0.05, 0.1) is 0 Å². The van der Waals surface area contributed by atoms with Gasteiger partial charge in [-0.2, -0.15) is 0 Å². The second-order valence-electron chi connectivity index (χ2n) is 3.97. The standard InChI is InChI=1S/C11H13N3/c1-2-8(1)10-6-13-11(14-7-10)9-3-4-12-5-9/h3,6-8,12H,1-2,4-5H2. The molecule has 1 aromatic rings. The van der Waals surface area contributed by atoms with Gasteiger partial charge in [-0.05, 0) is 24.3 Å². The number of hydrogen-bond acceptors (Lipinski definition) is 3. The Balaban J connectivity index is 1.85. The maximum Gasteiger partial charge on any atom is 0.155 e. The summed E-state index contributed by atoms with van der Waals surface area (Å²) in [6, 6.07) is 0. The zero-order chi connectivity index (χ0) is 9.38. The van der Waals surface area contributed by atoms with Crippen LogP contribution in [0.2, 0.25) is 0 Å². The smallest absolute Gasteiger partial charge is 0.155 e. The fourth-order valence-electron chi connectivity index (χ4n) is 1.78. The summed E-state index contributed by atoms with van der Waals surface area (Å²) in [5.41, 5.74) is 2.53. The van der Waals surface area contributed by atoms with E-state index in [1.807, 2.05) is 12.4 Å². The highest BCUT2D eigenvalue weighted by Crippen LogP contribution is 2.39. The van der Waals surface area contributed by atoms with Crippen molar-refractivity contribution in [2.24, 2.45) is 0 Å². The molecule has 0 radical (unpaired) electrons. The molecule has 1 saturated carbocycles. The van der Waals surface area contributed by atoms with Crippen LogP contribution >= 0.6 is 0 Å². The minimum absolute atomic E-state index is 0.750. The minimum atomic E-state index is 0.750. The van der Waals surface area contributed by atoms with E-state index in [4.69, 9.17) is 0 Å². The van der Waals surface area contributed by atoms with Crippen molar-refractivity contribution < 1.29 is 0 Å². The van der Waals surface area contributed by atoms with Crippen LogP contribution in [-0.2, 0) is 0 Å². The van der Waals surface area contributed by atoms with E-state index in [-0.39, 0.29) is 0 Å². The van der Waals surface area contributed by atoms with Gasteiger partial charge in [-0.1, -0.05) is 6.08 Å². The highest BCUT2D eigenvalue weighted by Gasteiger charge is 2.24. The average molecular weight is 187 g/mol. The second kappa shape index (κ2) is 3.17. The maximum absolute atomic E-state index is 4.40. The predicted molar refractivity (Wildman–Crippen MR) is 54.9 cm³/mol. The van der Waals surface area contributed by atoms with Crippen LogP contribution in [0.5, 0.6) is 0 Å². The lowest BCUT2D eigenvalue weighted by molar-refractivity contribution is 0.890. The molecule has 2 aliphatic rings. The van der Waals surface area contributed by atoms with E-state index in [2.05, 4.69) is 21.4 Å². The van der Waals surface area contributed by atoms with Crippen molar-refractivity contribution in [2.45, 2.75) is 18.8 Å². The van der Waals surface area contributed by atoms with Gasteiger partial charge in [0.1, 0.15) is 0 Å². The first-order valence-corrected chi connectivity index (χ1v) is 5.15. The maximum atomic E-state index is 4.40. The monoisotopic (exact) mass is 187 g/mol. The Hall–Kier alpha value is -1.22. The van der Waals surface area contributed by atoms with Crippen LogP contribution in [0.1, 0.15) is 30.1 Å². The summed E-state index contributed by atoms with van der Waals surface area (Å²) in [7, 11) is 0. The van der Waals surface area contributed by atoms with Gasteiger partial charge >= 0.3 is 0 Å². The van der Waals surface area contributed by atoms with Crippen molar-refractivity contribution in [2.75, 3.05) is 13.1 Å². The Morgan fingerprint density at radius 2 is 2.00 bits per heavy atom. The number of nitrogens with zero attached hydrogens (tertiary/aromatic N) is 2. The van der Waals surface area contributed by atoms with Crippen molar-refractivity contribution in [1.29, 1.82) is 0 Å². The molecule has 2 heterocycles. The van der Waals surface area contributed by atoms with Gasteiger partial charge in [0.25, 0.3) is 0 Å². The van der Waals surface area contributed by atoms with Gasteiger partial charge in [-0.3, -0.25) is 0 Å². The van der Waals surface area contributed by atoms with E-state index in [9.17, 15) is 0 Å². The van der Waals surface area contributed by atoms with Crippen molar-refractivity contribution in [3.05, 3.63) is 29.9 Å². The lowest BCUT2D eigenvalue weighted by Gasteiger charge is -2.01. The van der Waals surface area contributed by atoms with Gasteiger partial charge < -0.3 is 5.32 Å². The van der Waals surface area contributed by atoms with Crippen molar-refractivity contribution in [1.82, 2.24) is 15.3 Å². The molecule has 0 bridgehead atoms. The molecule has 0 spiro atoms. The Labute approximate surface area is 83.3 Å². The molecular weight excluding hydrogens is 174 g/mol. The molecule has 14 heavy (non-hydrogen) atoms. The van der Waals surface area contributed by atoms with Crippen LogP contribution in [0.4, 0.5) is 0 Å². The topological polar surface area (TPSA) is 37.8 Å². The SMILES string of the molecule is C1=C(c2ncc(C3CC3)cn2)CNC1. The van der Waals surface area contributed by atoms with E-state index >= 15 is 0 Å². The van der Waals surface area contributed by atoms with Crippen LogP contribution < -0.4 is 5.32 Å². The Bertz CT molecular complexity index is 363. The molecule has 3 rings (SSSR count).